The Labute approximate surface area is 166 Å². The summed E-state index contributed by atoms with van der Waals surface area (Å²) in [6, 6.07) is 6.36. The molecule has 154 valence electrons. The van der Waals surface area contributed by atoms with Crippen molar-refractivity contribution in [1.82, 2.24) is 0 Å². The maximum atomic E-state index is 10.2. The molecule has 1 heterocycles. The maximum absolute atomic E-state index is 10.2. The summed E-state index contributed by atoms with van der Waals surface area (Å²) in [7, 11) is 0. The molecule has 4 nitrogen and oxygen atoms in total. The second-order valence-corrected chi connectivity index (χ2v) is 9.28. The van der Waals surface area contributed by atoms with Crippen LogP contribution in [0.2, 0.25) is 0 Å². The number of likely N-dealkylation sites (tertiary alicyclic amines) is 1. The molecule has 27 heavy (non-hydrogen) atoms. The van der Waals surface area contributed by atoms with Crippen LogP contribution >= 0.6 is 0 Å². The molecule has 1 aromatic carbocycles. The predicted octanol–water partition coefficient (Wildman–Crippen LogP) is 1.44. The standard InChI is InChI=1S/C23H40N2O2/c1-19-16-20(23(2,3)4)10-11-22(19)27-18-21(26)17-24-12-9-15-25-13-7-5-6-8-14-25/h10-11,16,21,24,26H,5-9,12-15,17-18H2,1-4H3/p+2/t21-/m1/s1. The Kier molecular flexibility index (Phi) is 9.07. The first-order chi connectivity index (χ1) is 12.9. The summed E-state index contributed by atoms with van der Waals surface area (Å²) in [4.78, 5) is 1.78. The smallest absolute Gasteiger partial charge is 0.137 e. The minimum absolute atomic E-state index is 0.146. The Bertz CT molecular complexity index is 546. The van der Waals surface area contributed by atoms with E-state index in [1.54, 1.807) is 4.90 Å². The van der Waals surface area contributed by atoms with Crippen molar-refractivity contribution in [1.29, 1.82) is 0 Å². The molecule has 1 aromatic rings. The van der Waals surface area contributed by atoms with Gasteiger partial charge in [0, 0.05) is 6.42 Å². The number of quaternary nitrogens is 2. The first kappa shape index (κ1) is 22.2. The Morgan fingerprint density at radius 2 is 1.85 bits per heavy atom. The summed E-state index contributed by atoms with van der Waals surface area (Å²) >= 11 is 0. The Hall–Kier alpha value is -1.10. The van der Waals surface area contributed by atoms with Crippen molar-refractivity contribution in [3.63, 3.8) is 0 Å². The highest BCUT2D eigenvalue weighted by atomic mass is 16.5. The third-order valence-corrected chi connectivity index (χ3v) is 5.66. The van der Waals surface area contributed by atoms with Gasteiger partial charge in [-0.2, -0.15) is 0 Å². The molecule has 1 aliphatic rings. The fraction of sp³-hybridized carbons (Fsp3) is 0.739. The fourth-order valence-corrected chi connectivity index (χ4v) is 3.82. The van der Waals surface area contributed by atoms with Crippen LogP contribution in [0.4, 0.5) is 0 Å². The van der Waals surface area contributed by atoms with Crippen LogP contribution in [0.15, 0.2) is 18.2 Å². The number of hydrogen-bond acceptors (Lipinski definition) is 2. The zero-order chi connectivity index (χ0) is 19.7. The number of rotatable bonds is 9. The monoisotopic (exact) mass is 378 g/mol. The molecule has 0 radical (unpaired) electrons. The average molecular weight is 379 g/mol. The maximum Gasteiger partial charge on any atom is 0.137 e. The van der Waals surface area contributed by atoms with Gasteiger partial charge in [-0.1, -0.05) is 32.9 Å². The van der Waals surface area contributed by atoms with E-state index in [0.717, 1.165) is 17.9 Å². The van der Waals surface area contributed by atoms with Gasteiger partial charge in [-0.3, -0.25) is 0 Å². The van der Waals surface area contributed by atoms with E-state index < -0.39 is 6.10 Å². The Morgan fingerprint density at radius 1 is 1.15 bits per heavy atom. The van der Waals surface area contributed by atoms with Gasteiger partial charge in [0.05, 0.1) is 26.2 Å². The lowest BCUT2D eigenvalue weighted by molar-refractivity contribution is -0.900. The lowest BCUT2D eigenvalue weighted by Gasteiger charge is -2.21. The van der Waals surface area contributed by atoms with Crippen molar-refractivity contribution in [3.05, 3.63) is 29.3 Å². The highest BCUT2D eigenvalue weighted by Crippen LogP contribution is 2.27. The van der Waals surface area contributed by atoms with E-state index in [2.05, 4.69) is 45.1 Å². The Balaban J connectivity index is 1.61. The summed E-state index contributed by atoms with van der Waals surface area (Å²) in [5.41, 5.74) is 2.60. The largest absolute Gasteiger partial charge is 0.490 e. The average Bonchev–Trinajstić information content (AvgIpc) is 2.88. The number of ether oxygens (including phenoxy) is 1. The van der Waals surface area contributed by atoms with Gasteiger partial charge in [0.2, 0.25) is 0 Å². The number of aliphatic hydroxyl groups is 1. The van der Waals surface area contributed by atoms with Crippen molar-refractivity contribution in [2.24, 2.45) is 0 Å². The van der Waals surface area contributed by atoms with Gasteiger partial charge in [0.25, 0.3) is 0 Å². The molecule has 1 saturated heterocycles. The third kappa shape index (κ3) is 8.20. The van der Waals surface area contributed by atoms with E-state index in [1.807, 2.05) is 6.07 Å². The minimum atomic E-state index is -0.419. The van der Waals surface area contributed by atoms with Gasteiger partial charge in [-0.05, 0) is 55.2 Å². The number of aryl methyl sites for hydroxylation is 1. The molecule has 1 aliphatic heterocycles. The molecule has 0 bridgehead atoms. The molecule has 1 fully saturated rings. The molecule has 0 saturated carbocycles. The zero-order valence-electron chi connectivity index (χ0n) is 18.0. The molecule has 0 aliphatic carbocycles. The van der Waals surface area contributed by atoms with Crippen LogP contribution in [0.3, 0.4) is 0 Å². The van der Waals surface area contributed by atoms with E-state index in [0.29, 0.717) is 13.2 Å². The second kappa shape index (κ2) is 11.0. The summed E-state index contributed by atoms with van der Waals surface area (Å²) in [5, 5.41) is 12.4. The molecule has 0 amide bonds. The quantitative estimate of drug-likeness (QED) is 0.570. The highest BCUT2D eigenvalue weighted by Gasteiger charge is 2.16. The van der Waals surface area contributed by atoms with Crippen LogP contribution in [-0.2, 0) is 5.41 Å². The third-order valence-electron chi connectivity index (χ3n) is 5.66. The molecular formula is C23H42N2O2+2. The van der Waals surface area contributed by atoms with Crippen LogP contribution in [0, 0.1) is 6.92 Å². The predicted molar refractivity (Wildman–Crippen MR) is 112 cm³/mol. The van der Waals surface area contributed by atoms with Crippen molar-refractivity contribution in [2.75, 3.05) is 39.3 Å². The van der Waals surface area contributed by atoms with Crippen molar-refractivity contribution in [2.45, 2.75) is 71.3 Å². The summed E-state index contributed by atoms with van der Waals surface area (Å²) < 4.78 is 5.86. The number of nitrogens with one attached hydrogen (secondary N) is 1. The van der Waals surface area contributed by atoms with E-state index in [9.17, 15) is 5.11 Å². The molecule has 0 spiro atoms. The van der Waals surface area contributed by atoms with Crippen molar-refractivity contribution < 1.29 is 20.1 Å². The minimum Gasteiger partial charge on any atom is -0.490 e. The lowest BCUT2D eigenvalue weighted by Crippen LogP contribution is -3.12. The topological polar surface area (TPSA) is 50.5 Å². The fourth-order valence-electron chi connectivity index (χ4n) is 3.82. The van der Waals surface area contributed by atoms with E-state index in [4.69, 9.17) is 4.74 Å². The van der Waals surface area contributed by atoms with Crippen LogP contribution in [0.1, 0.15) is 64.0 Å². The van der Waals surface area contributed by atoms with Gasteiger partial charge in [0.15, 0.2) is 0 Å². The van der Waals surface area contributed by atoms with Crippen LogP contribution in [-0.4, -0.2) is 50.5 Å². The first-order valence-electron chi connectivity index (χ1n) is 10.9. The van der Waals surface area contributed by atoms with E-state index >= 15 is 0 Å². The van der Waals surface area contributed by atoms with Crippen LogP contribution in [0.5, 0.6) is 5.75 Å². The van der Waals surface area contributed by atoms with Gasteiger partial charge in [0.1, 0.15) is 25.0 Å². The number of aliphatic hydroxyl groups excluding tert-OH is 1. The lowest BCUT2D eigenvalue weighted by atomic mass is 9.86. The molecule has 4 N–H and O–H groups in total. The van der Waals surface area contributed by atoms with Crippen LogP contribution in [0.25, 0.3) is 0 Å². The molecule has 0 unspecified atom stereocenters. The first-order valence-corrected chi connectivity index (χ1v) is 10.9. The number of hydrogen-bond donors (Lipinski definition) is 3. The van der Waals surface area contributed by atoms with Crippen LogP contribution < -0.4 is 15.0 Å². The summed E-state index contributed by atoms with van der Waals surface area (Å²) in [6.45, 7) is 14.9. The SMILES string of the molecule is Cc1cc(C(C)(C)C)ccc1OC[C@H](O)C[NH2+]CCC[NH+]1CCCCCC1. The molecule has 4 heteroatoms. The second-order valence-electron chi connectivity index (χ2n) is 9.28. The molecule has 2 rings (SSSR count). The zero-order valence-corrected chi connectivity index (χ0v) is 18.0. The van der Waals surface area contributed by atoms with Gasteiger partial charge < -0.3 is 20.1 Å². The van der Waals surface area contributed by atoms with Crippen molar-refractivity contribution in [3.8, 4) is 5.75 Å². The summed E-state index contributed by atoms with van der Waals surface area (Å²) in [6.07, 6.45) is 6.44. The van der Waals surface area contributed by atoms with Gasteiger partial charge in [-0.25, -0.2) is 0 Å². The van der Waals surface area contributed by atoms with Gasteiger partial charge in [-0.15, -0.1) is 0 Å². The van der Waals surface area contributed by atoms with Gasteiger partial charge >= 0.3 is 0 Å². The summed E-state index contributed by atoms with van der Waals surface area (Å²) in [5.74, 6) is 0.881. The van der Waals surface area contributed by atoms with Crippen molar-refractivity contribution >= 4 is 0 Å². The molecule has 0 aromatic heterocycles. The van der Waals surface area contributed by atoms with E-state index in [1.165, 1.54) is 57.3 Å². The number of benzene rings is 1. The molecular weight excluding hydrogens is 336 g/mol. The normalized spacial score (nSPS) is 17.5. The van der Waals surface area contributed by atoms with E-state index in [-0.39, 0.29) is 5.41 Å². The number of nitrogens with two attached hydrogens (primary N) is 1. The molecule has 1 atom stereocenters. The highest BCUT2D eigenvalue weighted by molar-refractivity contribution is 5.38. The Morgan fingerprint density at radius 3 is 2.48 bits per heavy atom.